The number of amides is 1. The van der Waals surface area contributed by atoms with Gasteiger partial charge in [0, 0.05) is 37.8 Å². The number of anilines is 1. The molecule has 1 saturated heterocycles. The lowest BCUT2D eigenvalue weighted by Crippen LogP contribution is -2.46. The van der Waals surface area contributed by atoms with Gasteiger partial charge < -0.3 is 15.2 Å². The largest absolute Gasteiger partial charge is 0.416 e. The van der Waals surface area contributed by atoms with Gasteiger partial charge in [0.2, 0.25) is 5.91 Å². The lowest BCUT2D eigenvalue weighted by atomic mass is 9.94. The molecule has 0 spiro atoms. The van der Waals surface area contributed by atoms with Gasteiger partial charge in [-0.15, -0.1) is 0 Å². The Labute approximate surface area is 205 Å². The van der Waals surface area contributed by atoms with Crippen molar-refractivity contribution in [2.75, 3.05) is 24.5 Å². The second-order valence-electron chi connectivity index (χ2n) is 9.72. The number of nitrogens with zero attached hydrogens (tertiary/aromatic N) is 5. The molecule has 2 aromatic heterocycles. The smallest absolute Gasteiger partial charge is 0.369 e. The highest BCUT2D eigenvalue weighted by molar-refractivity contribution is 5.88. The summed E-state index contributed by atoms with van der Waals surface area (Å²) in [7, 11) is 0. The first kappa shape index (κ1) is 24.5. The van der Waals surface area contributed by atoms with E-state index in [1.54, 1.807) is 4.90 Å². The summed E-state index contributed by atoms with van der Waals surface area (Å²) in [5, 5.41) is 0.831. The molecule has 1 amide bonds. The van der Waals surface area contributed by atoms with E-state index >= 15 is 0 Å². The van der Waals surface area contributed by atoms with Crippen LogP contribution in [-0.4, -0.2) is 57.2 Å². The minimum atomic E-state index is -4.37. The van der Waals surface area contributed by atoms with Gasteiger partial charge in [0.25, 0.3) is 0 Å². The van der Waals surface area contributed by atoms with Crippen LogP contribution in [0.3, 0.4) is 0 Å². The number of primary amides is 1. The molecule has 7 nitrogen and oxygen atoms in total. The molecule has 0 bridgehead atoms. The molecule has 36 heavy (non-hydrogen) atoms. The Kier molecular flexibility index (Phi) is 6.59. The summed E-state index contributed by atoms with van der Waals surface area (Å²) in [6, 6.07) is 7.41. The number of hydrogen-bond acceptors (Lipinski definition) is 5. The maximum absolute atomic E-state index is 14.9. The molecule has 1 saturated carbocycles. The number of likely N-dealkylation sites (tertiary alicyclic amines) is 1. The van der Waals surface area contributed by atoms with Crippen molar-refractivity contribution in [2.45, 2.75) is 50.7 Å². The van der Waals surface area contributed by atoms with Gasteiger partial charge in [-0.2, -0.15) is 13.2 Å². The molecule has 5 rings (SSSR count). The normalized spacial score (nSPS) is 21.1. The number of rotatable bonds is 8. The van der Waals surface area contributed by atoms with Crippen LogP contribution in [0.2, 0.25) is 0 Å². The predicted octanol–water partition coefficient (Wildman–Crippen LogP) is 3.76. The van der Waals surface area contributed by atoms with Gasteiger partial charge in [0.1, 0.15) is 24.0 Å². The zero-order valence-electron chi connectivity index (χ0n) is 19.7. The first-order valence-electron chi connectivity index (χ1n) is 12.1. The number of halogens is 4. The van der Waals surface area contributed by atoms with E-state index in [4.69, 9.17) is 5.73 Å². The molecule has 3 aromatic rings. The molecule has 2 atom stereocenters. The fourth-order valence-electron chi connectivity index (χ4n) is 4.96. The first-order chi connectivity index (χ1) is 17.2. The van der Waals surface area contributed by atoms with Crippen LogP contribution in [0, 0.1) is 5.92 Å². The lowest BCUT2D eigenvalue weighted by Gasteiger charge is -2.34. The number of alkyl halides is 4. The Morgan fingerprint density at radius 2 is 1.86 bits per heavy atom. The van der Waals surface area contributed by atoms with Crippen molar-refractivity contribution in [1.29, 1.82) is 0 Å². The van der Waals surface area contributed by atoms with Crippen molar-refractivity contribution < 1.29 is 22.4 Å². The third kappa shape index (κ3) is 5.30. The Balaban J connectivity index is 1.34. The standard InChI is InChI=1S/C25H28F4N6O/c26-21-13-33(14-22(30)36)9-7-17(21)12-34-10-8-20-23(34)31-15-32-24(20)35(19-5-6-19)11-16-1-3-18(4-2-16)25(27,28)29/h1-4,8,10,15,17,19,21H,5-7,9,11-14H2,(H2,30,36)/t17-,21+/m1/s1. The molecule has 0 radical (unpaired) electrons. The van der Waals surface area contributed by atoms with Crippen LogP contribution in [-0.2, 0) is 24.1 Å². The van der Waals surface area contributed by atoms with Crippen LogP contribution >= 0.6 is 0 Å². The fraction of sp³-hybridized carbons (Fsp3) is 0.480. The van der Waals surface area contributed by atoms with Crippen LogP contribution in [0.25, 0.3) is 11.0 Å². The van der Waals surface area contributed by atoms with Gasteiger partial charge in [-0.25, -0.2) is 14.4 Å². The predicted molar refractivity (Wildman–Crippen MR) is 127 cm³/mol. The van der Waals surface area contributed by atoms with Gasteiger partial charge in [-0.1, -0.05) is 12.1 Å². The van der Waals surface area contributed by atoms with Crippen molar-refractivity contribution in [3.8, 4) is 0 Å². The summed E-state index contributed by atoms with van der Waals surface area (Å²) in [5.41, 5.74) is 6.04. The molecule has 11 heteroatoms. The molecular weight excluding hydrogens is 476 g/mol. The molecule has 2 fully saturated rings. The second kappa shape index (κ2) is 9.68. The van der Waals surface area contributed by atoms with Gasteiger partial charge in [-0.05, 0) is 49.6 Å². The summed E-state index contributed by atoms with van der Waals surface area (Å²) in [6.07, 6.45) is 0.495. The Bertz CT molecular complexity index is 1220. The van der Waals surface area contributed by atoms with Gasteiger partial charge >= 0.3 is 6.18 Å². The third-order valence-electron chi connectivity index (χ3n) is 7.00. The number of hydrogen-bond donors (Lipinski definition) is 1. The molecule has 0 unspecified atom stereocenters. The third-order valence-corrected chi connectivity index (χ3v) is 7.00. The number of fused-ring (bicyclic) bond motifs is 1. The highest BCUT2D eigenvalue weighted by atomic mass is 19.4. The highest BCUT2D eigenvalue weighted by Gasteiger charge is 2.34. The number of benzene rings is 1. The molecule has 192 valence electrons. The Morgan fingerprint density at radius 1 is 1.11 bits per heavy atom. The maximum Gasteiger partial charge on any atom is 0.416 e. The summed E-state index contributed by atoms with van der Waals surface area (Å²) in [4.78, 5) is 24.0. The summed E-state index contributed by atoms with van der Waals surface area (Å²) in [6.45, 7) is 1.73. The van der Waals surface area contributed by atoms with Crippen molar-refractivity contribution in [3.63, 3.8) is 0 Å². The number of aromatic nitrogens is 3. The molecule has 2 N–H and O–H groups in total. The van der Waals surface area contributed by atoms with Crippen LogP contribution in [0.15, 0.2) is 42.9 Å². The Morgan fingerprint density at radius 3 is 2.50 bits per heavy atom. The summed E-state index contributed by atoms with van der Waals surface area (Å²) in [5.74, 6) is 0.0573. The first-order valence-corrected chi connectivity index (χ1v) is 12.1. The molecule has 2 aliphatic rings. The number of carbonyl (C=O) groups excluding carboxylic acids is 1. The number of nitrogens with two attached hydrogens (primary N) is 1. The summed E-state index contributed by atoms with van der Waals surface area (Å²) < 4.78 is 55.7. The van der Waals surface area contributed by atoms with E-state index in [1.807, 2.05) is 16.8 Å². The molecule has 3 heterocycles. The fourth-order valence-corrected chi connectivity index (χ4v) is 4.96. The van der Waals surface area contributed by atoms with E-state index in [2.05, 4.69) is 14.9 Å². The van der Waals surface area contributed by atoms with E-state index in [-0.39, 0.29) is 25.0 Å². The molecule has 1 aliphatic heterocycles. The molecule has 1 aliphatic carbocycles. The van der Waals surface area contributed by atoms with Crippen molar-refractivity contribution >= 4 is 22.8 Å². The molecule has 1 aromatic carbocycles. The van der Waals surface area contributed by atoms with E-state index in [0.29, 0.717) is 31.7 Å². The average molecular weight is 505 g/mol. The Hall–Kier alpha value is -3.21. The van der Waals surface area contributed by atoms with Crippen molar-refractivity contribution in [1.82, 2.24) is 19.4 Å². The van der Waals surface area contributed by atoms with Gasteiger partial charge in [0.05, 0.1) is 17.5 Å². The van der Waals surface area contributed by atoms with Crippen LogP contribution in [0.4, 0.5) is 23.4 Å². The van der Waals surface area contributed by atoms with Crippen LogP contribution < -0.4 is 10.6 Å². The van der Waals surface area contributed by atoms with E-state index < -0.39 is 23.8 Å². The van der Waals surface area contributed by atoms with Gasteiger partial charge in [0.15, 0.2) is 0 Å². The SMILES string of the molecule is NC(=O)CN1CC[C@H](Cn2ccc3c(N(Cc4ccc(C(F)(F)F)cc4)C4CC4)ncnc32)[C@@H](F)C1. The van der Waals surface area contributed by atoms with Crippen LogP contribution in [0.5, 0.6) is 0 Å². The minimum Gasteiger partial charge on any atom is -0.369 e. The monoisotopic (exact) mass is 504 g/mol. The second-order valence-corrected chi connectivity index (χ2v) is 9.72. The zero-order chi connectivity index (χ0) is 25.4. The van der Waals surface area contributed by atoms with Crippen LogP contribution in [0.1, 0.15) is 30.4 Å². The zero-order valence-corrected chi connectivity index (χ0v) is 19.7. The lowest BCUT2D eigenvalue weighted by molar-refractivity contribution is -0.137. The number of carbonyl (C=O) groups is 1. The highest BCUT2D eigenvalue weighted by Crippen LogP contribution is 2.36. The van der Waals surface area contributed by atoms with E-state index in [0.717, 1.165) is 41.7 Å². The van der Waals surface area contributed by atoms with Gasteiger partial charge in [-0.3, -0.25) is 9.69 Å². The topological polar surface area (TPSA) is 80.3 Å². The summed E-state index contributed by atoms with van der Waals surface area (Å²) >= 11 is 0. The van der Waals surface area contributed by atoms with E-state index in [1.165, 1.54) is 18.5 Å². The quantitative estimate of drug-likeness (QED) is 0.473. The average Bonchev–Trinajstić information content (AvgIpc) is 3.59. The minimum absolute atomic E-state index is 0.0616. The number of piperidine rings is 1. The van der Waals surface area contributed by atoms with Crippen molar-refractivity contribution in [2.24, 2.45) is 11.7 Å². The van der Waals surface area contributed by atoms with Crippen molar-refractivity contribution in [3.05, 3.63) is 54.0 Å². The maximum atomic E-state index is 14.9. The molecular formula is C25H28F4N6O. The van der Waals surface area contributed by atoms with E-state index in [9.17, 15) is 22.4 Å².